The van der Waals surface area contributed by atoms with Crippen molar-refractivity contribution in [3.05, 3.63) is 82.9 Å². The molecule has 3 aromatic carbocycles. The molecular weight excluding hydrogens is 348 g/mol. The Kier molecular flexibility index (Phi) is 7.82. The number of rotatable bonds is 6. The van der Waals surface area contributed by atoms with E-state index < -0.39 is 0 Å². The molecule has 0 bridgehead atoms. The Hall–Kier alpha value is -3.07. The normalized spacial score (nSPS) is 9.89. The second-order valence-electron chi connectivity index (χ2n) is 6.28. The highest BCUT2D eigenvalue weighted by Crippen LogP contribution is 2.30. The van der Waals surface area contributed by atoms with E-state index in [1.165, 1.54) is 22.3 Å². The van der Waals surface area contributed by atoms with E-state index in [0.29, 0.717) is 23.7 Å². The van der Waals surface area contributed by atoms with Gasteiger partial charge in [0.1, 0.15) is 12.9 Å². The molecule has 0 fully saturated rings. The van der Waals surface area contributed by atoms with E-state index in [4.69, 9.17) is 9.47 Å². The largest absolute Gasteiger partial charge is 0.493 e. The lowest BCUT2D eigenvalue weighted by Crippen LogP contribution is -1.99. The van der Waals surface area contributed by atoms with E-state index >= 15 is 0 Å². The number of aryl methyl sites for hydroxylation is 2. The average Bonchev–Trinajstić information content (AvgIpc) is 2.74. The molecule has 0 saturated heterocycles. The Morgan fingerprint density at radius 3 is 2.18 bits per heavy atom. The molecule has 0 atom stereocenters. The zero-order valence-electron chi connectivity index (χ0n) is 17.3. The molecule has 0 amide bonds. The highest BCUT2D eigenvalue weighted by molar-refractivity contribution is 5.76. The quantitative estimate of drug-likeness (QED) is 0.467. The molecule has 146 valence electrons. The first-order chi connectivity index (χ1) is 13.6. The zero-order valence-corrected chi connectivity index (χ0v) is 17.3. The molecule has 3 aromatic rings. The smallest absolute Gasteiger partial charge is 0.161 e. The molecule has 3 heteroatoms. The molecule has 0 radical (unpaired) electrons. The molecule has 0 spiro atoms. The minimum Gasteiger partial charge on any atom is -0.493 e. The minimum atomic E-state index is 0.426. The molecule has 0 heterocycles. The molecule has 0 saturated carbocycles. The Morgan fingerprint density at radius 2 is 1.54 bits per heavy atom. The first-order valence-corrected chi connectivity index (χ1v) is 9.54. The number of methoxy groups -OCH3 is 1. The molecule has 28 heavy (non-hydrogen) atoms. The summed E-state index contributed by atoms with van der Waals surface area (Å²) in [5.74, 6) is 1.18. The van der Waals surface area contributed by atoms with Crippen LogP contribution >= 0.6 is 0 Å². The Labute approximate surface area is 167 Å². The predicted octanol–water partition coefficient (Wildman–Crippen LogP) is 6.40. The van der Waals surface area contributed by atoms with Gasteiger partial charge in [-0.1, -0.05) is 50.2 Å². The lowest BCUT2D eigenvalue weighted by molar-refractivity contribution is 0.112. The summed E-state index contributed by atoms with van der Waals surface area (Å²) in [6, 6.07) is 19.9. The van der Waals surface area contributed by atoms with Crippen LogP contribution in [0.1, 0.15) is 40.9 Å². The summed E-state index contributed by atoms with van der Waals surface area (Å²) in [7, 11) is 1.57. The van der Waals surface area contributed by atoms with Gasteiger partial charge in [-0.15, -0.1) is 0 Å². The third kappa shape index (κ3) is 5.01. The van der Waals surface area contributed by atoms with Gasteiger partial charge in [0.15, 0.2) is 11.5 Å². The van der Waals surface area contributed by atoms with Crippen LogP contribution in [0.3, 0.4) is 0 Å². The molecule has 3 nitrogen and oxygen atoms in total. The van der Waals surface area contributed by atoms with Crippen LogP contribution < -0.4 is 9.47 Å². The summed E-state index contributed by atoms with van der Waals surface area (Å²) in [5, 5.41) is 0. The Bertz CT molecular complexity index is 909. The number of aldehydes is 1. The van der Waals surface area contributed by atoms with E-state index in [1.54, 1.807) is 25.3 Å². The van der Waals surface area contributed by atoms with E-state index in [2.05, 4.69) is 44.2 Å². The van der Waals surface area contributed by atoms with Crippen LogP contribution in [0.2, 0.25) is 0 Å². The highest BCUT2D eigenvalue weighted by atomic mass is 16.5. The van der Waals surface area contributed by atoms with E-state index in [0.717, 1.165) is 11.8 Å². The fourth-order valence-corrected chi connectivity index (χ4v) is 3.12. The topological polar surface area (TPSA) is 35.5 Å². The van der Waals surface area contributed by atoms with Crippen LogP contribution in [-0.2, 0) is 6.61 Å². The van der Waals surface area contributed by atoms with Crippen molar-refractivity contribution in [1.82, 2.24) is 0 Å². The first-order valence-electron chi connectivity index (χ1n) is 9.54. The molecular formula is C25H28O3. The lowest BCUT2D eigenvalue weighted by atomic mass is 9.95. The number of ether oxygens (including phenoxy) is 2. The predicted molar refractivity (Wildman–Crippen MR) is 115 cm³/mol. The average molecular weight is 376 g/mol. The maximum atomic E-state index is 10.9. The fraction of sp³-hybridized carbons (Fsp3) is 0.240. The van der Waals surface area contributed by atoms with Gasteiger partial charge in [0.05, 0.1) is 7.11 Å². The third-order valence-corrected chi connectivity index (χ3v) is 4.41. The third-order valence-electron chi connectivity index (χ3n) is 4.41. The van der Waals surface area contributed by atoms with Gasteiger partial charge in [-0.05, 0) is 65.9 Å². The van der Waals surface area contributed by atoms with E-state index in [9.17, 15) is 4.79 Å². The summed E-state index contributed by atoms with van der Waals surface area (Å²) in [5.41, 5.74) is 6.61. The molecule has 0 aliphatic rings. The van der Waals surface area contributed by atoms with Crippen molar-refractivity contribution in [1.29, 1.82) is 0 Å². The maximum absolute atomic E-state index is 10.9. The van der Waals surface area contributed by atoms with Crippen LogP contribution in [0, 0.1) is 13.8 Å². The highest BCUT2D eigenvalue weighted by Gasteiger charge is 2.08. The summed E-state index contributed by atoms with van der Waals surface area (Å²) >= 11 is 0. The summed E-state index contributed by atoms with van der Waals surface area (Å²) in [6.07, 6.45) is 0.792. The summed E-state index contributed by atoms with van der Waals surface area (Å²) in [4.78, 5) is 10.9. The monoisotopic (exact) mass is 376 g/mol. The number of carbonyl (C=O) groups excluding carboxylic acids is 1. The van der Waals surface area contributed by atoms with Crippen molar-refractivity contribution < 1.29 is 14.3 Å². The van der Waals surface area contributed by atoms with Gasteiger partial charge in [0, 0.05) is 5.56 Å². The van der Waals surface area contributed by atoms with Crippen LogP contribution in [0.25, 0.3) is 11.1 Å². The zero-order chi connectivity index (χ0) is 20.5. The van der Waals surface area contributed by atoms with Crippen molar-refractivity contribution in [3.8, 4) is 22.6 Å². The van der Waals surface area contributed by atoms with E-state index in [-0.39, 0.29) is 0 Å². The van der Waals surface area contributed by atoms with Gasteiger partial charge in [0.25, 0.3) is 0 Å². The number of hydrogen-bond acceptors (Lipinski definition) is 3. The van der Waals surface area contributed by atoms with Crippen LogP contribution in [-0.4, -0.2) is 13.4 Å². The van der Waals surface area contributed by atoms with Gasteiger partial charge >= 0.3 is 0 Å². The van der Waals surface area contributed by atoms with Crippen molar-refractivity contribution in [2.45, 2.75) is 34.3 Å². The summed E-state index contributed by atoms with van der Waals surface area (Å²) < 4.78 is 11.2. The Morgan fingerprint density at radius 1 is 0.857 bits per heavy atom. The van der Waals surface area contributed by atoms with E-state index in [1.807, 2.05) is 26.0 Å². The molecule has 0 unspecified atom stereocenters. The number of carbonyl (C=O) groups is 1. The second-order valence-corrected chi connectivity index (χ2v) is 6.28. The van der Waals surface area contributed by atoms with Gasteiger partial charge in [0.2, 0.25) is 0 Å². The van der Waals surface area contributed by atoms with Crippen molar-refractivity contribution >= 4 is 6.29 Å². The fourth-order valence-electron chi connectivity index (χ4n) is 3.12. The summed E-state index contributed by atoms with van der Waals surface area (Å²) in [6.45, 7) is 8.69. The van der Waals surface area contributed by atoms with Gasteiger partial charge in [-0.25, -0.2) is 0 Å². The second kappa shape index (κ2) is 10.3. The SMILES string of the molecule is CC.COc1cc(C=O)ccc1OCc1cccc(-c2c(C)cccc2C)c1. The van der Waals surface area contributed by atoms with Crippen molar-refractivity contribution in [2.75, 3.05) is 7.11 Å². The Balaban J connectivity index is 0.00000136. The number of hydrogen-bond donors (Lipinski definition) is 0. The molecule has 0 aliphatic heterocycles. The van der Waals surface area contributed by atoms with Crippen molar-refractivity contribution in [3.63, 3.8) is 0 Å². The maximum Gasteiger partial charge on any atom is 0.161 e. The minimum absolute atomic E-state index is 0.426. The lowest BCUT2D eigenvalue weighted by Gasteiger charge is -2.13. The van der Waals surface area contributed by atoms with Crippen LogP contribution in [0.4, 0.5) is 0 Å². The first kappa shape index (κ1) is 21.2. The van der Waals surface area contributed by atoms with Gasteiger partial charge in [-0.2, -0.15) is 0 Å². The molecule has 0 aliphatic carbocycles. The van der Waals surface area contributed by atoms with Crippen molar-refractivity contribution in [2.24, 2.45) is 0 Å². The molecule has 0 aromatic heterocycles. The standard InChI is InChI=1S/C23H22O3.C2H6/c1-16-6-4-7-17(2)23(16)20-9-5-8-19(12-20)15-26-21-11-10-18(14-24)13-22(21)25-3;1-2/h4-14H,15H2,1-3H3;1-2H3. The van der Waals surface area contributed by atoms with Crippen LogP contribution in [0.15, 0.2) is 60.7 Å². The van der Waals surface area contributed by atoms with Gasteiger partial charge < -0.3 is 9.47 Å². The van der Waals surface area contributed by atoms with Crippen LogP contribution in [0.5, 0.6) is 11.5 Å². The molecule has 0 N–H and O–H groups in total. The number of benzene rings is 3. The van der Waals surface area contributed by atoms with Gasteiger partial charge in [-0.3, -0.25) is 4.79 Å². The molecule has 3 rings (SSSR count).